The van der Waals surface area contributed by atoms with Crippen molar-refractivity contribution >= 4 is 0 Å². The van der Waals surface area contributed by atoms with E-state index in [-0.39, 0.29) is 5.41 Å². The molecular formula is C15H21O2. The highest BCUT2D eigenvalue weighted by molar-refractivity contribution is 5.39. The van der Waals surface area contributed by atoms with E-state index in [4.69, 9.17) is 9.47 Å². The van der Waals surface area contributed by atoms with Crippen molar-refractivity contribution in [3.05, 3.63) is 29.8 Å². The Labute approximate surface area is 104 Å². The van der Waals surface area contributed by atoms with Crippen molar-refractivity contribution in [1.82, 2.24) is 0 Å². The highest BCUT2D eigenvalue weighted by atomic mass is 16.7. The van der Waals surface area contributed by atoms with Gasteiger partial charge in [-0.25, -0.2) is 0 Å². The highest BCUT2D eigenvalue weighted by Crippen LogP contribution is 2.39. The van der Waals surface area contributed by atoms with E-state index in [1.54, 1.807) is 0 Å². The number of rotatable bonds is 1. The smallest absolute Gasteiger partial charge is 0.210 e. The summed E-state index contributed by atoms with van der Waals surface area (Å²) in [6, 6.07) is 9.00. The molecule has 2 rings (SSSR count). The molecule has 1 unspecified atom stereocenters. The van der Waals surface area contributed by atoms with Crippen LogP contribution < -0.4 is 4.74 Å². The first-order valence-corrected chi connectivity index (χ1v) is 6.19. The molecule has 1 aromatic rings. The Hall–Kier alpha value is -1.02. The lowest BCUT2D eigenvalue weighted by Crippen LogP contribution is -2.41. The van der Waals surface area contributed by atoms with Crippen LogP contribution in [0.3, 0.4) is 0 Å². The third-order valence-corrected chi connectivity index (χ3v) is 3.63. The Morgan fingerprint density at radius 1 is 1.29 bits per heavy atom. The summed E-state index contributed by atoms with van der Waals surface area (Å²) < 4.78 is 12.1. The van der Waals surface area contributed by atoms with Gasteiger partial charge in [0.1, 0.15) is 5.75 Å². The minimum Gasteiger partial charge on any atom is -0.462 e. The molecule has 0 aromatic heterocycles. The summed E-state index contributed by atoms with van der Waals surface area (Å²) in [5.74, 6) is 0.667. The standard InChI is InChI=1S/C15H21O2/c1-11(2)15(5)16-10-14(3,4)12-8-6-7-9-13(12)17-15/h7-9,11H,10H2,1-5H3. The van der Waals surface area contributed by atoms with Crippen LogP contribution >= 0.6 is 0 Å². The summed E-state index contributed by atoms with van der Waals surface area (Å²) in [4.78, 5) is 0. The monoisotopic (exact) mass is 233 g/mol. The number of benzene rings is 1. The molecule has 0 aliphatic carbocycles. The van der Waals surface area contributed by atoms with Crippen LogP contribution in [0.15, 0.2) is 18.2 Å². The molecule has 0 bridgehead atoms. The molecule has 2 heteroatoms. The van der Waals surface area contributed by atoms with Gasteiger partial charge < -0.3 is 9.47 Å². The average Bonchev–Trinajstić information content (AvgIpc) is 2.36. The molecule has 1 radical (unpaired) electrons. The number of hydrogen-bond acceptors (Lipinski definition) is 2. The Morgan fingerprint density at radius 2 is 2.00 bits per heavy atom. The molecule has 1 aliphatic heterocycles. The zero-order chi connectivity index (χ0) is 12.7. The molecule has 1 aliphatic rings. The van der Waals surface area contributed by atoms with E-state index in [9.17, 15) is 0 Å². The van der Waals surface area contributed by atoms with E-state index in [1.807, 2.05) is 25.1 Å². The predicted molar refractivity (Wildman–Crippen MR) is 68.1 cm³/mol. The van der Waals surface area contributed by atoms with Crippen molar-refractivity contribution in [2.24, 2.45) is 5.92 Å². The van der Waals surface area contributed by atoms with Crippen molar-refractivity contribution in [1.29, 1.82) is 0 Å². The molecule has 0 fully saturated rings. The maximum Gasteiger partial charge on any atom is 0.210 e. The van der Waals surface area contributed by atoms with Gasteiger partial charge in [-0.3, -0.25) is 0 Å². The zero-order valence-corrected chi connectivity index (χ0v) is 11.3. The van der Waals surface area contributed by atoms with Crippen molar-refractivity contribution < 1.29 is 9.47 Å². The van der Waals surface area contributed by atoms with Crippen LogP contribution in [0.25, 0.3) is 0 Å². The van der Waals surface area contributed by atoms with Gasteiger partial charge in [0.2, 0.25) is 5.79 Å². The van der Waals surface area contributed by atoms with Gasteiger partial charge in [0.15, 0.2) is 0 Å². The number of fused-ring (bicyclic) bond motifs is 1. The second kappa shape index (κ2) is 4.02. The Bertz CT molecular complexity index is 409. The Kier molecular flexibility index (Phi) is 2.94. The van der Waals surface area contributed by atoms with Crippen LogP contribution in [0.2, 0.25) is 0 Å². The molecule has 1 heterocycles. The summed E-state index contributed by atoms with van der Waals surface area (Å²) in [6.45, 7) is 11.3. The maximum atomic E-state index is 6.10. The lowest BCUT2D eigenvalue weighted by Gasteiger charge is -2.33. The Balaban J connectivity index is 2.47. The molecule has 0 spiro atoms. The largest absolute Gasteiger partial charge is 0.462 e. The molecule has 17 heavy (non-hydrogen) atoms. The van der Waals surface area contributed by atoms with Gasteiger partial charge in [0, 0.05) is 23.8 Å². The van der Waals surface area contributed by atoms with Crippen LogP contribution in [0.1, 0.15) is 40.2 Å². The first-order chi connectivity index (χ1) is 7.85. The van der Waals surface area contributed by atoms with Crippen LogP contribution in [-0.4, -0.2) is 12.4 Å². The average molecular weight is 233 g/mol. The van der Waals surface area contributed by atoms with Gasteiger partial charge in [-0.15, -0.1) is 0 Å². The molecule has 93 valence electrons. The summed E-state index contributed by atoms with van der Waals surface area (Å²) >= 11 is 0. The second-order valence-corrected chi connectivity index (χ2v) is 5.87. The lowest BCUT2D eigenvalue weighted by molar-refractivity contribution is -0.198. The van der Waals surface area contributed by atoms with Gasteiger partial charge in [-0.2, -0.15) is 0 Å². The van der Waals surface area contributed by atoms with Crippen molar-refractivity contribution in [3.8, 4) is 5.75 Å². The van der Waals surface area contributed by atoms with Crippen LogP contribution in [0.5, 0.6) is 5.75 Å². The second-order valence-electron chi connectivity index (χ2n) is 5.87. The van der Waals surface area contributed by atoms with Crippen molar-refractivity contribution in [2.45, 2.75) is 45.8 Å². The molecule has 1 atom stereocenters. The number of hydrogen-bond donors (Lipinski definition) is 0. The van der Waals surface area contributed by atoms with Crippen LogP contribution in [-0.2, 0) is 10.2 Å². The van der Waals surface area contributed by atoms with Crippen molar-refractivity contribution in [3.63, 3.8) is 0 Å². The zero-order valence-electron chi connectivity index (χ0n) is 11.3. The number of ether oxygens (including phenoxy) is 2. The van der Waals surface area contributed by atoms with Crippen molar-refractivity contribution in [2.75, 3.05) is 6.61 Å². The van der Waals surface area contributed by atoms with Gasteiger partial charge in [0.05, 0.1) is 6.61 Å². The predicted octanol–water partition coefficient (Wildman–Crippen LogP) is 3.55. The van der Waals surface area contributed by atoms with Crippen LogP contribution in [0.4, 0.5) is 0 Å². The SMILES string of the molecule is CC(C)C1(C)OCC(C)(C)c2c[c]ccc2O1. The van der Waals surface area contributed by atoms with E-state index in [0.717, 1.165) is 5.75 Å². The van der Waals surface area contributed by atoms with Crippen LogP contribution in [0, 0.1) is 12.0 Å². The third kappa shape index (κ3) is 2.19. The minimum atomic E-state index is -0.552. The van der Waals surface area contributed by atoms with Gasteiger partial charge in [-0.05, 0) is 18.2 Å². The quantitative estimate of drug-likeness (QED) is 0.738. The normalized spacial score (nSPS) is 27.2. The fourth-order valence-electron chi connectivity index (χ4n) is 1.97. The third-order valence-electron chi connectivity index (χ3n) is 3.63. The molecule has 0 saturated carbocycles. The first-order valence-electron chi connectivity index (χ1n) is 6.19. The molecule has 2 nitrogen and oxygen atoms in total. The topological polar surface area (TPSA) is 18.5 Å². The van der Waals surface area contributed by atoms with E-state index in [1.165, 1.54) is 5.56 Å². The Morgan fingerprint density at radius 3 is 2.65 bits per heavy atom. The van der Waals surface area contributed by atoms with E-state index >= 15 is 0 Å². The summed E-state index contributed by atoms with van der Waals surface area (Å²) in [7, 11) is 0. The summed E-state index contributed by atoms with van der Waals surface area (Å²) in [5.41, 5.74) is 1.13. The molecule has 0 amide bonds. The van der Waals surface area contributed by atoms with E-state index < -0.39 is 5.79 Å². The molecule has 0 saturated heterocycles. The highest BCUT2D eigenvalue weighted by Gasteiger charge is 2.39. The maximum absolute atomic E-state index is 6.10. The van der Waals surface area contributed by atoms with E-state index in [0.29, 0.717) is 12.5 Å². The fourth-order valence-corrected chi connectivity index (χ4v) is 1.97. The lowest BCUT2D eigenvalue weighted by atomic mass is 9.85. The molecule has 1 aromatic carbocycles. The van der Waals surface area contributed by atoms with Gasteiger partial charge in [0.25, 0.3) is 0 Å². The first kappa shape index (κ1) is 12.4. The molecule has 0 N–H and O–H groups in total. The van der Waals surface area contributed by atoms with E-state index in [2.05, 4.69) is 33.8 Å². The summed E-state index contributed by atoms with van der Waals surface area (Å²) in [5, 5.41) is 0. The fraction of sp³-hybridized carbons (Fsp3) is 0.600. The van der Waals surface area contributed by atoms with Gasteiger partial charge >= 0.3 is 0 Å². The minimum absolute atomic E-state index is 0.0419. The molecular weight excluding hydrogens is 212 g/mol. The van der Waals surface area contributed by atoms with Gasteiger partial charge in [-0.1, -0.05) is 33.8 Å². The summed E-state index contributed by atoms with van der Waals surface area (Å²) in [6.07, 6.45) is 0.